The second-order valence-corrected chi connectivity index (χ2v) is 4.04. The highest BCUT2D eigenvalue weighted by atomic mass is 35.5. The van der Waals surface area contributed by atoms with Gasteiger partial charge < -0.3 is 10.2 Å². The summed E-state index contributed by atoms with van der Waals surface area (Å²) in [5, 5.41) is 2.89. The summed E-state index contributed by atoms with van der Waals surface area (Å²) in [5.41, 5.74) is 0.659. The second-order valence-electron chi connectivity index (χ2n) is 3.70. The monoisotopic (exact) mass is 281 g/mol. The number of hydrogen-bond acceptors (Lipinski definition) is 5. The van der Waals surface area contributed by atoms with Crippen LogP contribution in [0.5, 0.6) is 0 Å². The van der Waals surface area contributed by atoms with Gasteiger partial charge in [-0.15, -0.1) is 0 Å². The number of aromatic nitrogens is 3. The van der Waals surface area contributed by atoms with Crippen molar-refractivity contribution in [1.29, 1.82) is 0 Å². The number of hydrogen-bond donors (Lipinski definition) is 1. The first-order valence-corrected chi connectivity index (χ1v) is 6.14. The fourth-order valence-electron chi connectivity index (χ4n) is 1.66. The third-order valence-electron chi connectivity index (χ3n) is 2.50. The lowest BCUT2D eigenvalue weighted by molar-refractivity contribution is 0.627. The molecule has 0 fully saturated rings. The number of halogens is 2. The van der Waals surface area contributed by atoms with Crippen LogP contribution in [-0.2, 0) is 0 Å². The van der Waals surface area contributed by atoms with Gasteiger partial charge in [-0.25, -0.2) is 4.39 Å². The molecule has 0 atom stereocenters. The van der Waals surface area contributed by atoms with E-state index >= 15 is 0 Å². The van der Waals surface area contributed by atoms with Gasteiger partial charge in [-0.3, -0.25) is 0 Å². The molecule has 0 saturated heterocycles. The van der Waals surface area contributed by atoms with Crippen LogP contribution in [-0.4, -0.2) is 28.5 Å². The molecule has 0 aliphatic rings. The van der Waals surface area contributed by atoms with E-state index in [9.17, 15) is 4.39 Å². The van der Waals surface area contributed by atoms with Crippen molar-refractivity contribution in [3.05, 3.63) is 35.4 Å². The van der Waals surface area contributed by atoms with E-state index in [1.165, 1.54) is 12.1 Å². The van der Waals surface area contributed by atoms with Gasteiger partial charge in [0.15, 0.2) is 0 Å². The number of rotatable bonds is 4. The molecule has 0 amide bonds. The first-order valence-electron chi connectivity index (χ1n) is 5.76. The molecule has 0 saturated carbocycles. The topological polar surface area (TPSA) is 53.9 Å². The summed E-state index contributed by atoms with van der Waals surface area (Å²) in [6.45, 7) is 2.49. The summed E-state index contributed by atoms with van der Waals surface area (Å²) < 4.78 is 13.3. The van der Waals surface area contributed by atoms with Crippen molar-refractivity contribution in [1.82, 2.24) is 15.0 Å². The highest BCUT2D eigenvalue weighted by Gasteiger charge is 2.13. The maximum Gasteiger partial charge on any atom is 0.236 e. The van der Waals surface area contributed by atoms with Crippen LogP contribution in [0.2, 0.25) is 5.28 Å². The Balaban J connectivity index is 2.44. The predicted octanol–water partition coefficient (Wildman–Crippen LogP) is 2.86. The smallest absolute Gasteiger partial charge is 0.236 e. The molecule has 0 bridgehead atoms. The first kappa shape index (κ1) is 13.5. The molecule has 1 heterocycles. The average molecular weight is 282 g/mol. The maximum atomic E-state index is 13.3. The van der Waals surface area contributed by atoms with E-state index in [4.69, 9.17) is 11.6 Å². The summed E-state index contributed by atoms with van der Waals surface area (Å²) in [7, 11) is 1.69. The zero-order chi connectivity index (χ0) is 13.8. The van der Waals surface area contributed by atoms with Crippen LogP contribution in [0, 0.1) is 5.82 Å². The lowest BCUT2D eigenvalue weighted by atomic mass is 10.3. The largest absolute Gasteiger partial charge is 0.357 e. The highest BCUT2D eigenvalue weighted by Crippen LogP contribution is 2.23. The number of nitrogens with one attached hydrogen (secondary N) is 1. The zero-order valence-electron chi connectivity index (χ0n) is 10.6. The molecule has 0 unspecified atom stereocenters. The Hall–Kier alpha value is -1.95. The molecular weight excluding hydrogens is 269 g/mol. The van der Waals surface area contributed by atoms with Crippen LogP contribution in [0.1, 0.15) is 6.92 Å². The zero-order valence-corrected chi connectivity index (χ0v) is 11.3. The third kappa shape index (κ3) is 3.08. The van der Waals surface area contributed by atoms with Crippen LogP contribution < -0.4 is 10.2 Å². The van der Waals surface area contributed by atoms with Crippen molar-refractivity contribution < 1.29 is 4.39 Å². The van der Waals surface area contributed by atoms with Crippen molar-refractivity contribution >= 4 is 29.2 Å². The summed E-state index contributed by atoms with van der Waals surface area (Å²) in [4.78, 5) is 13.9. The van der Waals surface area contributed by atoms with E-state index in [0.29, 0.717) is 24.1 Å². The van der Waals surface area contributed by atoms with Gasteiger partial charge in [-0.05, 0) is 36.7 Å². The molecule has 0 aliphatic heterocycles. The predicted molar refractivity (Wildman–Crippen MR) is 73.5 cm³/mol. The van der Waals surface area contributed by atoms with Gasteiger partial charge in [0, 0.05) is 19.3 Å². The van der Waals surface area contributed by atoms with E-state index in [0.717, 1.165) is 0 Å². The van der Waals surface area contributed by atoms with Gasteiger partial charge in [-0.2, -0.15) is 15.0 Å². The fraction of sp³-hybridized carbons (Fsp3) is 0.250. The van der Waals surface area contributed by atoms with Gasteiger partial charge in [0.2, 0.25) is 17.2 Å². The summed E-state index contributed by atoms with van der Waals surface area (Å²) in [6.07, 6.45) is 0. The molecule has 2 aromatic rings. The SMILES string of the molecule is CCN(c1cccc(F)c1)c1nc(Cl)nc(NC)n1. The van der Waals surface area contributed by atoms with Crippen molar-refractivity contribution in [3.8, 4) is 0 Å². The molecule has 0 spiro atoms. The van der Waals surface area contributed by atoms with Gasteiger partial charge in [0.1, 0.15) is 5.82 Å². The summed E-state index contributed by atoms with van der Waals surface area (Å²) in [5.74, 6) is 0.423. The molecule has 5 nitrogen and oxygen atoms in total. The van der Waals surface area contributed by atoms with E-state index in [-0.39, 0.29) is 11.1 Å². The standard InChI is InChI=1S/C12H13ClFN5/c1-3-19(9-6-4-5-8(14)7-9)12-17-10(13)16-11(15-2)18-12/h4-7H,3H2,1-2H3,(H,15,16,17,18). The Kier molecular flexibility index (Phi) is 4.11. The maximum absolute atomic E-state index is 13.3. The number of benzene rings is 1. The van der Waals surface area contributed by atoms with Gasteiger partial charge >= 0.3 is 0 Å². The minimum absolute atomic E-state index is 0.0872. The van der Waals surface area contributed by atoms with E-state index in [1.54, 1.807) is 24.1 Å². The molecule has 100 valence electrons. The molecule has 0 radical (unpaired) electrons. The molecule has 1 aromatic heterocycles. The Morgan fingerprint density at radius 1 is 1.32 bits per heavy atom. The minimum atomic E-state index is -0.315. The Morgan fingerprint density at radius 2 is 2.11 bits per heavy atom. The van der Waals surface area contributed by atoms with Crippen LogP contribution in [0.3, 0.4) is 0 Å². The van der Waals surface area contributed by atoms with Crippen molar-refractivity contribution in [2.75, 3.05) is 23.8 Å². The van der Waals surface area contributed by atoms with Gasteiger partial charge in [0.25, 0.3) is 0 Å². The van der Waals surface area contributed by atoms with E-state index in [1.807, 2.05) is 6.92 Å². The average Bonchev–Trinajstić information content (AvgIpc) is 2.39. The minimum Gasteiger partial charge on any atom is -0.357 e. The quantitative estimate of drug-likeness (QED) is 0.934. The molecule has 1 N–H and O–H groups in total. The van der Waals surface area contributed by atoms with Gasteiger partial charge in [0.05, 0.1) is 0 Å². The van der Waals surface area contributed by atoms with Crippen LogP contribution in [0.25, 0.3) is 0 Å². The van der Waals surface area contributed by atoms with Gasteiger partial charge in [-0.1, -0.05) is 6.07 Å². The summed E-state index contributed by atoms with van der Waals surface area (Å²) in [6, 6.07) is 6.22. The first-order chi connectivity index (χ1) is 9.13. The third-order valence-corrected chi connectivity index (χ3v) is 2.67. The number of anilines is 3. The summed E-state index contributed by atoms with van der Waals surface area (Å²) >= 11 is 5.85. The van der Waals surface area contributed by atoms with E-state index in [2.05, 4.69) is 20.3 Å². The molecule has 0 aliphatic carbocycles. The fourth-order valence-corrected chi connectivity index (χ4v) is 1.81. The Labute approximate surface area is 115 Å². The van der Waals surface area contributed by atoms with Crippen molar-refractivity contribution in [3.63, 3.8) is 0 Å². The van der Waals surface area contributed by atoms with Crippen LogP contribution in [0.15, 0.2) is 24.3 Å². The normalized spacial score (nSPS) is 10.3. The van der Waals surface area contributed by atoms with Crippen LogP contribution >= 0.6 is 11.6 Å². The molecule has 7 heteroatoms. The molecule has 1 aromatic carbocycles. The van der Waals surface area contributed by atoms with Crippen molar-refractivity contribution in [2.24, 2.45) is 0 Å². The molecule has 2 rings (SSSR count). The lowest BCUT2D eigenvalue weighted by Crippen LogP contribution is -2.20. The molecule has 19 heavy (non-hydrogen) atoms. The van der Waals surface area contributed by atoms with Crippen LogP contribution in [0.4, 0.5) is 22.0 Å². The lowest BCUT2D eigenvalue weighted by Gasteiger charge is -2.21. The Morgan fingerprint density at radius 3 is 2.74 bits per heavy atom. The molecular formula is C12H13ClFN5. The highest BCUT2D eigenvalue weighted by molar-refractivity contribution is 6.28. The van der Waals surface area contributed by atoms with E-state index < -0.39 is 0 Å². The van der Waals surface area contributed by atoms with Crippen molar-refractivity contribution in [2.45, 2.75) is 6.92 Å². The Bertz CT molecular complexity index is 578. The second kappa shape index (κ2) is 5.79. The number of nitrogens with zero attached hydrogens (tertiary/aromatic N) is 4.